The number of fused-ring (bicyclic) bond motifs is 1. The van der Waals surface area contributed by atoms with Gasteiger partial charge < -0.3 is 4.74 Å². The average molecular weight is 390 g/mol. The van der Waals surface area contributed by atoms with Crippen LogP contribution in [0.15, 0.2) is 65.7 Å². The molecule has 1 aliphatic heterocycles. The van der Waals surface area contributed by atoms with Gasteiger partial charge in [0.25, 0.3) is 0 Å². The Balaban J connectivity index is 1.88. The van der Waals surface area contributed by atoms with E-state index in [0.29, 0.717) is 18.1 Å². The molecule has 0 unspecified atom stereocenters. The summed E-state index contributed by atoms with van der Waals surface area (Å²) in [5.41, 5.74) is 2.78. The molecular weight excluding hydrogens is 358 g/mol. The van der Waals surface area contributed by atoms with Gasteiger partial charge in [0.2, 0.25) is 0 Å². The summed E-state index contributed by atoms with van der Waals surface area (Å²) in [5.74, 6) is 1.43. The molecular formula is C25H31NOSi. The molecule has 1 heterocycles. The van der Waals surface area contributed by atoms with Crippen LogP contribution >= 0.6 is 0 Å². The van der Waals surface area contributed by atoms with E-state index in [9.17, 15) is 0 Å². The molecule has 2 aromatic rings. The van der Waals surface area contributed by atoms with Gasteiger partial charge in [0.05, 0.1) is 19.5 Å². The number of nitrogens with zero attached hydrogens (tertiary/aromatic N) is 1. The lowest BCUT2D eigenvalue weighted by Crippen LogP contribution is -2.55. The number of hydrogen-bond donors (Lipinski definition) is 0. The van der Waals surface area contributed by atoms with Gasteiger partial charge in [-0.2, -0.15) is 0 Å². The number of hydrogen-bond acceptors (Lipinski definition) is 2. The Kier molecular flexibility index (Phi) is 4.82. The summed E-state index contributed by atoms with van der Waals surface area (Å²) in [6.07, 6.45) is 4.75. The van der Waals surface area contributed by atoms with Crippen molar-refractivity contribution in [3.63, 3.8) is 0 Å². The Morgan fingerprint density at radius 3 is 2.39 bits per heavy atom. The van der Waals surface area contributed by atoms with Crippen LogP contribution in [-0.2, 0) is 10.2 Å². The van der Waals surface area contributed by atoms with Crippen LogP contribution in [0.2, 0.25) is 18.6 Å². The topological polar surface area (TPSA) is 21.6 Å². The normalized spacial score (nSPS) is 26.7. The van der Waals surface area contributed by atoms with Crippen molar-refractivity contribution in [3.8, 4) is 0 Å². The molecule has 0 aromatic heterocycles. The SMILES string of the molecule is CC(C)[C@H]1COC([C@]2(C)c3ccccc3C=C[C@@H]2[Si](C)(C)c2ccccc2)=N1. The van der Waals surface area contributed by atoms with Crippen LogP contribution in [0.25, 0.3) is 6.08 Å². The quantitative estimate of drug-likeness (QED) is 0.641. The second kappa shape index (κ2) is 7.04. The fourth-order valence-electron chi connectivity index (χ4n) is 4.95. The minimum absolute atomic E-state index is 0.236. The van der Waals surface area contributed by atoms with Crippen molar-refractivity contribution >= 4 is 25.2 Å². The van der Waals surface area contributed by atoms with E-state index in [1.165, 1.54) is 16.3 Å². The fourth-order valence-corrected chi connectivity index (χ4v) is 8.66. The van der Waals surface area contributed by atoms with Crippen molar-refractivity contribution in [3.05, 3.63) is 71.8 Å². The van der Waals surface area contributed by atoms with Crippen LogP contribution in [0.5, 0.6) is 0 Å². The molecule has 0 radical (unpaired) electrons. The first-order valence-corrected chi connectivity index (χ1v) is 13.5. The highest BCUT2D eigenvalue weighted by Gasteiger charge is 2.52. The molecule has 4 rings (SSSR count). The second-order valence-corrected chi connectivity index (χ2v) is 13.9. The molecule has 0 spiro atoms. The minimum Gasteiger partial charge on any atom is -0.478 e. The van der Waals surface area contributed by atoms with Gasteiger partial charge in [0.1, 0.15) is 6.61 Å². The summed E-state index contributed by atoms with van der Waals surface area (Å²) in [7, 11) is -1.85. The smallest absolute Gasteiger partial charge is 0.194 e. The maximum atomic E-state index is 6.33. The van der Waals surface area contributed by atoms with E-state index < -0.39 is 8.07 Å². The summed E-state index contributed by atoms with van der Waals surface area (Å²) in [6.45, 7) is 12.5. The van der Waals surface area contributed by atoms with Crippen molar-refractivity contribution in [2.24, 2.45) is 10.9 Å². The third-order valence-corrected chi connectivity index (χ3v) is 10.9. The number of rotatable bonds is 4. The van der Waals surface area contributed by atoms with Crippen molar-refractivity contribution in [2.75, 3.05) is 6.61 Å². The summed E-state index contributed by atoms with van der Waals surface area (Å²) < 4.78 is 6.33. The van der Waals surface area contributed by atoms with Crippen LogP contribution in [0.4, 0.5) is 0 Å². The zero-order valence-corrected chi connectivity index (χ0v) is 18.6. The molecule has 0 amide bonds. The Morgan fingerprint density at radius 2 is 1.71 bits per heavy atom. The van der Waals surface area contributed by atoms with E-state index in [-0.39, 0.29) is 11.5 Å². The van der Waals surface area contributed by atoms with E-state index in [1.54, 1.807) is 0 Å². The zero-order chi connectivity index (χ0) is 19.9. The van der Waals surface area contributed by atoms with Crippen LogP contribution in [0, 0.1) is 5.92 Å². The molecule has 3 atom stereocenters. The number of allylic oxidation sites excluding steroid dienone is 1. The molecule has 2 aromatic carbocycles. The third-order valence-electron chi connectivity index (χ3n) is 6.79. The minimum atomic E-state index is -1.85. The highest BCUT2D eigenvalue weighted by atomic mass is 28.3. The van der Waals surface area contributed by atoms with Gasteiger partial charge in [-0.25, -0.2) is 4.99 Å². The summed E-state index contributed by atoms with van der Waals surface area (Å²) in [6, 6.07) is 20.1. The van der Waals surface area contributed by atoms with Crippen LogP contribution in [0.3, 0.4) is 0 Å². The summed E-state index contributed by atoms with van der Waals surface area (Å²) >= 11 is 0. The highest BCUT2D eigenvalue weighted by molar-refractivity contribution is 6.91. The molecule has 2 aliphatic rings. The predicted octanol–water partition coefficient (Wildman–Crippen LogP) is 5.41. The van der Waals surface area contributed by atoms with Gasteiger partial charge in [-0.1, -0.05) is 98.9 Å². The lowest BCUT2D eigenvalue weighted by Gasteiger charge is -2.46. The first kappa shape index (κ1) is 19.2. The number of benzene rings is 2. The van der Waals surface area contributed by atoms with Crippen LogP contribution in [0.1, 0.15) is 31.9 Å². The Hall–Kier alpha value is -2.13. The molecule has 28 heavy (non-hydrogen) atoms. The maximum Gasteiger partial charge on any atom is 0.194 e. The van der Waals surface area contributed by atoms with Gasteiger partial charge in [0.15, 0.2) is 5.90 Å². The first-order chi connectivity index (χ1) is 13.3. The van der Waals surface area contributed by atoms with E-state index in [0.717, 1.165) is 5.90 Å². The second-order valence-electron chi connectivity index (χ2n) is 9.27. The van der Waals surface area contributed by atoms with E-state index in [4.69, 9.17) is 9.73 Å². The van der Waals surface area contributed by atoms with E-state index >= 15 is 0 Å². The Bertz CT molecular complexity index is 915. The van der Waals surface area contributed by atoms with Crippen molar-refractivity contribution in [1.29, 1.82) is 0 Å². The van der Waals surface area contributed by atoms with Gasteiger partial charge in [-0.15, -0.1) is 0 Å². The van der Waals surface area contributed by atoms with Crippen LogP contribution in [-0.4, -0.2) is 26.6 Å². The molecule has 2 nitrogen and oxygen atoms in total. The van der Waals surface area contributed by atoms with Crippen molar-refractivity contribution in [1.82, 2.24) is 0 Å². The number of aliphatic imine (C=N–C) groups is 1. The first-order valence-electron chi connectivity index (χ1n) is 10.4. The monoisotopic (exact) mass is 389 g/mol. The lowest BCUT2D eigenvalue weighted by atomic mass is 9.73. The molecule has 1 aliphatic carbocycles. The Labute approximate surface area is 170 Å². The molecule has 0 bridgehead atoms. The average Bonchev–Trinajstić information content (AvgIpc) is 3.20. The van der Waals surface area contributed by atoms with Gasteiger partial charge in [-0.05, 0) is 29.5 Å². The van der Waals surface area contributed by atoms with Gasteiger partial charge in [-0.3, -0.25) is 0 Å². The maximum absolute atomic E-state index is 6.33. The fraction of sp³-hybridized carbons (Fsp3) is 0.400. The largest absolute Gasteiger partial charge is 0.478 e. The molecule has 0 fully saturated rings. The van der Waals surface area contributed by atoms with Crippen LogP contribution < -0.4 is 5.19 Å². The molecule has 0 saturated carbocycles. The van der Waals surface area contributed by atoms with Crippen molar-refractivity contribution in [2.45, 2.75) is 50.9 Å². The van der Waals surface area contributed by atoms with Gasteiger partial charge in [0, 0.05) is 0 Å². The summed E-state index contributed by atoms with van der Waals surface area (Å²) in [5, 5.41) is 1.48. The van der Waals surface area contributed by atoms with Gasteiger partial charge >= 0.3 is 0 Å². The summed E-state index contributed by atoms with van der Waals surface area (Å²) in [4.78, 5) is 5.12. The molecule has 146 valence electrons. The van der Waals surface area contributed by atoms with Crippen molar-refractivity contribution < 1.29 is 4.74 Å². The highest BCUT2D eigenvalue weighted by Crippen LogP contribution is 2.50. The molecule has 0 saturated heterocycles. The standard InChI is InChI=1S/C25H31NOSi/c1-18(2)22-17-27-24(26-22)25(3)21-14-10-9-11-19(21)15-16-23(25)28(4,5)20-12-7-6-8-13-20/h6-16,18,22-23H,17H2,1-5H3/t22-,23+,25-/m1/s1. The number of ether oxygens (including phenoxy) is 1. The molecule has 0 N–H and O–H groups in total. The lowest BCUT2D eigenvalue weighted by molar-refractivity contribution is 0.271. The third kappa shape index (κ3) is 2.97. The van der Waals surface area contributed by atoms with E-state index in [1.807, 2.05) is 0 Å². The zero-order valence-electron chi connectivity index (χ0n) is 17.6. The predicted molar refractivity (Wildman–Crippen MR) is 122 cm³/mol. The molecule has 3 heteroatoms. The Morgan fingerprint density at radius 1 is 1.04 bits per heavy atom. The van der Waals surface area contributed by atoms with E-state index in [2.05, 4.69) is 101 Å².